The fourth-order valence-electron chi connectivity index (χ4n) is 2.20. The van der Waals surface area contributed by atoms with Crippen LogP contribution in [0, 0.1) is 11.6 Å². The third-order valence-corrected chi connectivity index (χ3v) is 3.24. The molecule has 1 aromatic rings. The van der Waals surface area contributed by atoms with Gasteiger partial charge in [0.1, 0.15) is 0 Å². The van der Waals surface area contributed by atoms with Gasteiger partial charge in [0, 0.05) is 0 Å². The highest BCUT2D eigenvalue weighted by molar-refractivity contribution is 5.94. The quantitative estimate of drug-likeness (QED) is 0.849. The number of benzene rings is 1. The highest BCUT2D eigenvalue weighted by atomic mass is 19.2. The first kappa shape index (κ1) is 13.0. The van der Waals surface area contributed by atoms with E-state index in [4.69, 9.17) is 0 Å². The van der Waals surface area contributed by atoms with Gasteiger partial charge >= 0.3 is 0 Å². The van der Waals surface area contributed by atoms with Crippen molar-refractivity contribution in [1.29, 1.82) is 0 Å². The standard InChI is InChI=1S/C13H15F2NO2/c14-9-5-3-4-8(12(9)15)13(18)16-10-6-1-2-7-11(10)17/h3-5,10-11,17H,1-2,6-7H2,(H,16,18)/t10-,11-/m0/s1. The van der Waals surface area contributed by atoms with Gasteiger partial charge in [-0.2, -0.15) is 0 Å². The van der Waals surface area contributed by atoms with E-state index < -0.39 is 23.6 Å². The first-order valence-corrected chi connectivity index (χ1v) is 6.02. The Labute approximate surface area is 104 Å². The number of amides is 1. The molecule has 0 aromatic heterocycles. The molecule has 98 valence electrons. The second kappa shape index (κ2) is 5.44. The van der Waals surface area contributed by atoms with Crippen molar-refractivity contribution in [3.05, 3.63) is 35.4 Å². The molecular weight excluding hydrogens is 240 g/mol. The summed E-state index contributed by atoms with van der Waals surface area (Å²) >= 11 is 0. The van der Waals surface area contributed by atoms with E-state index in [1.54, 1.807) is 0 Å². The maximum Gasteiger partial charge on any atom is 0.254 e. The molecule has 0 heterocycles. The largest absolute Gasteiger partial charge is 0.391 e. The van der Waals surface area contributed by atoms with E-state index in [2.05, 4.69) is 5.32 Å². The van der Waals surface area contributed by atoms with Gasteiger partial charge in [-0.15, -0.1) is 0 Å². The molecule has 1 amide bonds. The number of aliphatic hydroxyl groups excluding tert-OH is 1. The molecular formula is C13H15F2NO2. The third-order valence-electron chi connectivity index (χ3n) is 3.24. The second-order valence-electron chi connectivity index (χ2n) is 4.53. The lowest BCUT2D eigenvalue weighted by molar-refractivity contribution is 0.0714. The van der Waals surface area contributed by atoms with Crippen LogP contribution in [-0.2, 0) is 0 Å². The fraction of sp³-hybridized carbons (Fsp3) is 0.462. The zero-order chi connectivity index (χ0) is 13.1. The number of rotatable bonds is 2. The fourth-order valence-corrected chi connectivity index (χ4v) is 2.20. The molecule has 1 aromatic carbocycles. The lowest BCUT2D eigenvalue weighted by atomic mass is 9.92. The van der Waals surface area contributed by atoms with Crippen LogP contribution in [0.4, 0.5) is 8.78 Å². The number of hydrogen-bond donors (Lipinski definition) is 2. The summed E-state index contributed by atoms with van der Waals surface area (Å²) < 4.78 is 26.4. The Morgan fingerprint density at radius 3 is 2.72 bits per heavy atom. The molecule has 2 rings (SSSR count). The van der Waals surface area contributed by atoms with Gasteiger partial charge in [-0.25, -0.2) is 8.78 Å². The molecule has 1 aliphatic rings. The summed E-state index contributed by atoms with van der Waals surface area (Å²) in [5.74, 6) is -2.88. The van der Waals surface area contributed by atoms with Gasteiger partial charge in [0.2, 0.25) is 0 Å². The molecule has 2 N–H and O–H groups in total. The van der Waals surface area contributed by atoms with Gasteiger partial charge in [-0.05, 0) is 25.0 Å². The van der Waals surface area contributed by atoms with Crippen LogP contribution in [0.1, 0.15) is 36.0 Å². The van der Waals surface area contributed by atoms with Crippen molar-refractivity contribution >= 4 is 5.91 Å². The molecule has 1 aliphatic carbocycles. The van der Waals surface area contributed by atoms with Crippen molar-refractivity contribution in [2.75, 3.05) is 0 Å². The second-order valence-corrected chi connectivity index (χ2v) is 4.53. The molecule has 3 nitrogen and oxygen atoms in total. The Bertz CT molecular complexity index is 451. The summed E-state index contributed by atoms with van der Waals surface area (Å²) in [5, 5.41) is 12.3. The number of aliphatic hydroxyl groups is 1. The molecule has 0 radical (unpaired) electrons. The molecule has 5 heteroatoms. The van der Waals surface area contributed by atoms with Crippen LogP contribution in [0.15, 0.2) is 18.2 Å². The van der Waals surface area contributed by atoms with Crippen molar-refractivity contribution in [2.24, 2.45) is 0 Å². The zero-order valence-corrected chi connectivity index (χ0v) is 9.83. The number of halogens is 2. The number of carbonyl (C=O) groups excluding carboxylic acids is 1. The van der Waals surface area contributed by atoms with Gasteiger partial charge in [-0.3, -0.25) is 4.79 Å². The molecule has 0 saturated heterocycles. The van der Waals surface area contributed by atoms with Crippen LogP contribution >= 0.6 is 0 Å². The highest BCUT2D eigenvalue weighted by Crippen LogP contribution is 2.19. The predicted octanol–water partition coefficient (Wildman–Crippen LogP) is 2.00. The maximum absolute atomic E-state index is 13.4. The van der Waals surface area contributed by atoms with Crippen LogP contribution in [0.5, 0.6) is 0 Å². The Hall–Kier alpha value is -1.49. The Morgan fingerprint density at radius 1 is 1.28 bits per heavy atom. The normalized spacial score (nSPS) is 23.7. The minimum Gasteiger partial charge on any atom is -0.391 e. The van der Waals surface area contributed by atoms with E-state index in [0.717, 1.165) is 18.9 Å². The maximum atomic E-state index is 13.4. The molecule has 2 atom stereocenters. The van der Waals surface area contributed by atoms with Crippen LogP contribution < -0.4 is 5.32 Å². The molecule has 0 aliphatic heterocycles. The lowest BCUT2D eigenvalue weighted by Crippen LogP contribution is -2.45. The number of hydrogen-bond acceptors (Lipinski definition) is 2. The Balaban J connectivity index is 2.09. The van der Waals surface area contributed by atoms with Crippen LogP contribution in [-0.4, -0.2) is 23.2 Å². The van der Waals surface area contributed by atoms with Crippen LogP contribution in [0.25, 0.3) is 0 Å². The monoisotopic (exact) mass is 255 g/mol. The Morgan fingerprint density at radius 2 is 2.00 bits per heavy atom. The molecule has 1 fully saturated rings. The third kappa shape index (κ3) is 2.67. The average molecular weight is 255 g/mol. The summed E-state index contributed by atoms with van der Waals surface area (Å²) in [6, 6.07) is 3.09. The van der Waals surface area contributed by atoms with Crippen LogP contribution in [0.2, 0.25) is 0 Å². The van der Waals surface area contributed by atoms with E-state index >= 15 is 0 Å². The van der Waals surface area contributed by atoms with Gasteiger partial charge < -0.3 is 10.4 Å². The lowest BCUT2D eigenvalue weighted by Gasteiger charge is -2.28. The molecule has 1 saturated carbocycles. The van der Waals surface area contributed by atoms with Crippen molar-refractivity contribution in [2.45, 2.75) is 37.8 Å². The van der Waals surface area contributed by atoms with Crippen molar-refractivity contribution in [1.82, 2.24) is 5.32 Å². The molecule has 0 spiro atoms. The summed E-state index contributed by atoms with van der Waals surface area (Å²) in [6.45, 7) is 0. The Kier molecular flexibility index (Phi) is 3.91. The van der Waals surface area contributed by atoms with Crippen LogP contribution in [0.3, 0.4) is 0 Å². The first-order valence-electron chi connectivity index (χ1n) is 6.02. The summed E-state index contributed by atoms with van der Waals surface area (Å²) in [6.07, 6.45) is 2.50. The smallest absolute Gasteiger partial charge is 0.254 e. The minimum atomic E-state index is -1.15. The SMILES string of the molecule is O=C(N[C@H]1CCCC[C@@H]1O)c1cccc(F)c1F. The summed E-state index contributed by atoms with van der Waals surface area (Å²) in [4.78, 5) is 11.8. The van der Waals surface area contributed by atoms with Gasteiger partial charge in [0.15, 0.2) is 11.6 Å². The average Bonchev–Trinajstić information content (AvgIpc) is 2.35. The number of nitrogens with one attached hydrogen (secondary N) is 1. The van der Waals surface area contributed by atoms with Crippen molar-refractivity contribution in [3.63, 3.8) is 0 Å². The predicted molar refractivity (Wildman–Crippen MR) is 62.1 cm³/mol. The minimum absolute atomic E-state index is 0.326. The van der Waals surface area contributed by atoms with Crippen molar-refractivity contribution < 1.29 is 18.7 Å². The molecule has 0 unspecified atom stereocenters. The van der Waals surface area contributed by atoms with E-state index in [1.807, 2.05) is 0 Å². The van der Waals surface area contributed by atoms with E-state index in [9.17, 15) is 18.7 Å². The van der Waals surface area contributed by atoms with E-state index in [0.29, 0.717) is 12.8 Å². The molecule has 18 heavy (non-hydrogen) atoms. The summed E-state index contributed by atoms with van der Waals surface area (Å²) in [5.41, 5.74) is -0.326. The van der Waals surface area contributed by atoms with Crippen molar-refractivity contribution in [3.8, 4) is 0 Å². The van der Waals surface area contributed by atoms with Gasteiger partial charge in [0.05, 0.1) is 17.7 Å². The first-order chi connectivity index (χ1) is 8.59. The zero-order valence-electron chi connectivity index (χ0n) is 9.83. The van der Waals surface area contributed by atoms with E-state index in [-0.39, 0.29) is 11.6 Å². The number of carbonyl (C=O) groups is 1. The van der Waals surface area contributed by atoms with Gasteiger partial charge in [0.25, 0.3) is 5.91 Å². The summed E-state index contributed by atoms with van der Waals surface area (Å²) in [7, 11) is 0. The van der Waals surface area contributed by atoms with Gasteiger partial charge in [-0.1, -0.05) is 18.9 Å². The highest BCUT2D eigenvalue weighted by Gasteiger charge is 2.26. The molecule has 0 bridgehead atoms. The topological polar surface area (TPSA) is 49.3 Å². The van der Waals surface area contributed by atoms with E-state index in [1.165, 1.54) is 12.1 Å².